The fraction of sp³-hybridized carbons (Fsp3) is 0. The lowest BCUT2D eigenvalue weighted by molar-refractivity contribution is 0.782. The Morgan fingerprint density at radius 1 is 0.750 bits per heavy atom. The number of hydrogen-bond donors (Lipinski definition) is 0. The third-order valence-electron chi connectivity index (χ3n) is 3.53. The normalized spacial score (nSPS) is 11.6. The summed E-state index contributed by atoms with van der Waals surface area (Å²) >= 11 is 0. The van der Waals surface area contributed by atoms with Crippen molar-refractivity contribution in [2.24, 2.45) is 0 Å². The summed E-state index contributed by atoms with van der Waals surface area (Å²) in [7, 11) is 0. The van der Waals surface area contributed by atoms with E-state index in [1.807, 2.05) is 0 Å². The minimum atomic E-state index is -0.309. The first kappa shape index (κ1) is 10.9. The molecule has 0 N–H and O–H groups in total. The molecule has 0 atom stereocenters. The highest BCUT2D eigenvalue weighted by Crippen LogP contribution is 2.16. The maximum absolute atomic E-state index is 12.5. The Morgan fingerprint density at radius 3 is 2.20 bits per heavy atom. The third-order valence-corrected chi connectivity index (χ3v) is 3.53. The predicted molar refractivity (Wildman–Crippen MR) is 75.0 cm³/mol. The first-order chi connectivity index (χ1) is 9.68. The first-order valence-electron chi connectivity index (χ1n) is 6.10. The lowest BCUT2D eigenvalue weighted by Gasteiger charge is -2.02. The summed E-state index contributed by atoms with van der Waals surface area (Å²) in [4.78, 5) is 36.8. The Kier molecular flexibility index (Phi) is 1.93. The molecule has 0 spiro atoms. The van der Waals surface area contributed by atoms with Crippen LogP contribution in [0.25, 0.3) is 22.0 Å². The molecule has 0 radical (unpaired) electrons. The van der Waals surface area contributed by atoms with E-state index in [2.05, 4.69) is 0 Å². The highest BCUT2D eigenvalue weighted by atomic mass is 16.2. The van der Waals surface area contributed by atoms with Crippen molar-refractivity contribution in [1.82, 2.24) is 9.03 Å². The number of benzene rings is 2. The molecule has 1 aromatic carbocycles. The van der Waals surface area contributed by atoms with Gasteiger partial charge in [0, 0.05) is 6.20 Å². The lowest BCUT2D eigenvalue weighted by atomic mass is 10.2. The maximum atomic E-state index is 12.5. The molecular formula is C15H8N2O3. The zero-order chi connectivity index (χ0) is 13.9. The van der Waals surface area contributed by atoms with Crippen LogP contribution in [-0.2, 0) is 0 Å². The predicted octanol–water partition coefficient (Wildman–Crippen LogP) is 0.815. The quantitative estimate of drug-likeness (QED) is 0.472. The van der Waals surface area contributed by atoms with Gasteiger partial charge in [-0.15, -0.1) is 0 Å². The Bertz CT molecular complexity index is 1110. The second-order valence-corrected chi connectivity index (χ2v) is 4.63. The summed E-state index contributed by atoms with van der Waals surface area (Å²) in [5.41, 5.74) is -0.00878. The molecule has 0 amide bonds. The number of nitrogens with zero attached hydrogens (tertiary/aromatic N) is 2. The minimum Gasteiger partial charge on any atom is -0.289 e. The van der Waals surface area contributed by atoms with Crippen molar-refractivity contribution in [3.8, 4) is 11.3 Å². The molecule has 5 heteroatoms. The van der Waals surface area contributed by atoms with Crippen LogP contribution in [-0.4, -0.2) is 9.03 Å². The van der Waals surface area contributed by atoms with Gasteiger partial charge in [-0.2, -0.15) is 0 Å². The first-order valence-corrected chi connectivity index (χ1v) is 6.10. The van der Waals surface area contributed by atoms with Crippen LogP contribution in [0.1, 0.15) is 0 Å². The van der Waals surface area contributed by atoms with Gasteiger partial charge in [-0.05, 0) is 24.3 Å². The van der Waals surface area contributed by atoms with E-state index in [9.17, 15) is 14.4 Å². The van der Waals surface area contributed by atoms with Gasteiger partial charge < -0.3 is 0 Å². The molecule has 1 aromatic heterocycles. The smallest absolute Gasteiger partial charge is 0.278 e. The van der Waals surface area contributed by atoms with Crippen LogP contribution in [0.5, 0.6) is 0 Å². The summed E-state index contributed by atoms with van der Waals surface area (Å²) in [6, 6.07) is 11.3. The Morgan fingerprint density at radius 2 is 1.45 bits per heavy atom. The summed E-state index contributed by atoms with van der Waals surface area (Å²) in [5.74, 6) is 0. The van der Waals surface area contributed by atoms with Crippen LogP contribution < -0.4 is 16.5 Å². The van der Waals surface area contributed by atoms with Crippen LogP contribution in [0, 0.1) is 0 Å². The molecule has 2 heterocycles. The summed E-state index contributed by atoms with van der Waals surface area (Å²) in [6.45, 7) is 0. The Labute approximate surface area is 111 Å². The standard InChI is InChI=1S/C15H8N2O3/c18-13-7-3-6-12-11(13)8-16-14(19)9-4-1-2-5-10(9)15(20)17(12)16/h1-8H. The van der Waals surface area contributed by atoms with E-state index < -0.39 is 0 Å². The van der Waals surface area contributed by atoms with Crippen molar-refractivity contribution in [1.29, 1.82) is 0 Å². The van der Waals surface area contributed by atoms with Crippen molar-refractivity contribution >= 4 is 10.8 Å². The van der Waals surface area contributed by atoms with Gasteiger partial charge in [0.15, 0.2) is 5.43 Å². The molecule has 0 fully saturated rings. The molecular weight excluding hydrogens is 256 g/mol. The number of hydrogen-bond acceptors (Lipinski definition) is 3. The molecule has 0 saturated carbocycles. The van der Waals surface area contributed by atoms with Crippen molar-refractivity contribution in [2.75, 3.05) is 0 Å². The van der Waals surface area contributed by atoms with E-state index in [4.69, 9.17) is 0 Å². The Hall–Kier alpha value is -2.95. The largest absolute Gasteiger partial charge is 0.289 e. The van der Waals surface area contributed by atoms with Gasteiger partial charge in [0.05, 0.1) is 22.0 Å². The highest BCUT2D eigenvalue weighted by molar-refractivity contribution is 5.81. The van der Waals surface area contributed by atoms with Crippen molar-refractivity contribution in [3.63, 3.8) is 0 Å². The van der Waals surface area contributed by atoms with Crippen molar-refractivity contribution in [2.45, 2.75) is 0 Å². The molecule has 20 heavy (non-hydrogen) atoms. The minimum absolute atomic E-state index is 0.207. The van der Waals surface area contributed by atoms with Crippen molar-refractivity contribution in [3.05, 3.63) is 79.6 Å². The molecule has 0 unspecified atom stereocenters. The van der Waals surface area contributed by atoms with Gasteiger partial charge in [-0.1, -0.05) is 18.2 Å². The summed E-state index contributed by atoms with van der Waals surface area (Å²) in [5, 5.41) is 0.705. The topological polar surface area (TPSA) is 60.0 Å². The van der Waals surface area contributed by atoms with Gasteiger partial charge in [-0.25, -0.2) is 9.03 Å². The fourth-order valence-corrected chi connectivity index (χ4v) is 2.59. The highest BCUT2D eigenvalue weighted by Gasteiger charge is 2.17. The van der Waals surface area contributed by atoms with Gasteiger partial charge in [0.1, 0.15) is 0 Å². The summed E-state index contributed by atoms with van der Waals surface area (Å²) < 4.78 is 2.46. The van der Waals surface area contributed by atoms with Crippen LogP contribution in [0.3, 0.4) is 0 Å². The molecule has 2 aromatic rings. The number of rotatable bonds is 0. The molecule has 4 rings (SSSR count). The third kappa shape index (κ3) is 1.19. The van der Waals surface area contributed by atoms with E-state index in [-0.39, 0.29) is 16.5 Å². The molecule has 0 saturated heterocycles. The van der Waals surface area contributed by atoms with Crippen LogP contribution in [0.15, 0.2) is 63.0 Å². The van der Waals surface area contributed by atoms with E-state index in [0.717, 1.165) is 0 Å². The van der Waals surface area contributed by atoms with Gasteiger partial charge in [0.2, 0.25) is 0 Å². The SMILES string of the molecule is O=c1cccc2n3c(=O)c4ccccc4c(=O)n3cc1-2. The lowest BCUT2D eigenvalue weighted by Crippen LogP contribution is -2.28. The van der Waals surface area contributed by atoms with Crippen LogP contribution in [0.4, 0.5) is 0 Å². The molecule has 0 bridgehead atoms. The van der Waals surface area contributed by atoms with Crippen LogP contribution >= 0.6 is 0 Å². The zero-order valence-corrected chi connectivity index (χ0v) is 10.2. The number of fused-ring (bicyclic) bond motifs is 4. The average molecular weight is 264 g/mol. The molecule has 1 aliphatic carbocycles. The van der Waals surface area contributed by atoms with Crippen LogP contribution in [0.2, 0.25) is 0 Å². The van der Waals surface area contributed by atoms with Crippen molar-refractivity contribution < 1.29 is 0 Å². The molecule has 2 aliphatic rings. The maximum Gasteiger partial charge on any atom is 0.278 e. The van der Waals surface area contributed by atoms with Gasteiger partial charge in [-0.3, -0.25) is 14.4 Å². The monoisotopic (exact) mass is 264 g/mol. The Balaban J connectivity index is 2.45. The fourth-order valence-electron chi connectivity index (χ4n) is 2.59. The molecule has 5 nitrogen and oxygen atoms in total. The molecule has 96 valence electrons. The van der Waals surface area contributed by atoms with E-state index in [0.29, 0.717) is 22.0 Å². The molecule has 1 aliphatic heterocycles. The van der Waals surface area contributed by atoms with E-state index >= 15 is 0 Å². The second kappa shape index (κ2) is 3.54. The number of aromatic nitrogens is 2. The zero-order valence-electron chi connectivity index (χ0n) is 10.2. The average Bonchev–Trinajstić information content (AvgIpc) is 2.86. The van der Waals surface area contributed by atoms with Gasteiger partial charge in [0.25, 0.3) is 11.1 Å². The summed E-state index contributed by atoms with van der Waals surface area (Å²) in [6.07, 6.45) is 1.42. The second-order valence-electron chi connectivity index (χ2n) is 4.63. The van der Waals surface area contributed by atoms with E-state index in [1.165, 1.54) is 21.3 Å². The van der Waals surface area contributed by atoms with E-state index in [1.54, 1.807) is 36.4 Å². The van der Waals surface area contributed by atoms with Gasteiger partial charge >= 0.3 is 0 Å².